The van der Waals surface area contributed by atoms with E-state index in [0.717, 1.165) is 44.2 Å². The van der Waals surface area contributed by atoms with Crippen molar-refractivity contribution in [2.75, 3.05) is 11.5 Å². The van der Waals surface area contributed by atoms with Gasteiger partial charge in [-0.15, -0.1) is 13.2 Å². The highest BCUT2D eigenvalue weighted by Gasteiger charge is 2.33. The molecule has 4 N–H and O–H groups in total. The van der Waals surface area contributed by atoms with E-state index in [-0.39, 0.29) is 17.2 Å². The van der Waals surface area contributed by atoms with Gasteiger partial charge in [0.2, 0.25) is 0 Å². The summed E-state index contributed by atoms with van der Waals surface area (Å²) in [5, 5.41) is 0. The molecule has 31 heavy (non-hydrogen) atoms. The summed E-state index contributed by atoms with van der Waals surface area (Å²) in [5.74, 6) is -3.12. The average Bonchev–Trinajstić information content (AvgIpc) is 2.71. The van der Waals surface area contributed by atoms with E-state index >= 15 is 0 Å². The Morgan fingerprint density at radius 2 is 1.52 bits per heavy atom. The number of carbonyl (C=O) groups is 2. The molecule has 0 amide bonds. The predicted octanol–water partition coefficient (Wildman–Crippen LogP) is 4.73. The van der Waals surface area contributed by atoms with Gasteiger partial charge in [-0.2, -0.15) is 0 Å². The van der Waals surface area contributed by atoms with Crippen molar-refractivity contribution in [3.05, 3.63) is 53.1 Å². The van der Waals surface area contributed by atoms with Crippen LogP contribution in [-0.4, -0.2) is 18.3 Å². The van der Waals surface area contributed by atoms with Crippen LogP contribution in [0, 0.1) is 0 Å². The number of anilines is 2. The Hall–Kier alpha value is -3.43. The molecule has 0 unspecified atom stereocenters. The molecular formula is C21H21F3N2O5. The van der Waals surface area contributed by atoms with Crippen molar-refractivity contribution >= 4 is 23.3 Å². The van der Waals surface area contributed by atoms with Gasteiger partial charge in [0.1, 0.15) is 11.3 Å². The van der Waals surface area contributed by atoms with Crippen molar-refractivity contribution in [3.8, 4) is 5.75 Å². The van der Waals surface area contributed by atoms with E-state index in [0.29, 0.717) is 11.3 Å². The molecule has 1 saturated carbocycles. The lowest BCUT2D eigenvalue weighted by molar-refractivity contribution is -0.274. The maximum absolute atomic E-state index is 12.6. The number of alkyl halides is 3. The van der Waals surface area contributed by atoms with Crippen LogP contribution in [0.15, 0.2) is 36.4 Å². The molecule has 0 aromatic heterocycles. The van der Waals surface area contributed by atoms with Crippen LogP contribution in [0.2, 0.25) is 0 Å². The lowest BCUT2D eigenvalue weighted by Crippen LogP contribution is -2.20. The lowest BCUT2D eigenvalue weighted by atomic mass is 9.81. The van der Waals surface area contributed by atoms with Crippen LogP contribution in [0.4, 0.5) is 24.5 Å². The lowest BCUT2D eigenvalue weighted by Gasteiger charge is -2.25. The number of hydrogen-bond donors (Lipinski definition) is 2. The number of nitrogens with two attached hydrogens (primary N) is 2. The molecule has 166 valence electrons. The zero-order valence-electron chi connectivity index (χ0n) is 16.4. The molecule has 0 atom stereocenters. The van der Waals surface area contributed by atoms with Crippen LogP contribution in [0.25, 0.3) is 0 Å². The van der Waals surface area contributed by atoms with E-state index in [1.165, 1.54) is 24.3 Å². The van der Waals surface area contributed by atoms with Gasteiger partial charge in [0.05, 0.1) is 5.56 Å². The molecule has 0 aliphatic heterocycles. The molecule has 0 saturated heterocycles. The first kappa shape index (κ1) is 22.3. The topological polar surface area (TPSA) is 114 Å². The number of hydrogen-bond acceptors (Lipinski definition) is 7. The second-order valence-corrected chi connectivity index (χ2v) is 7.19. The molecule has 1 fully saturated rings. The van der Waals surface area contributed by atoms with E-state index in [4.69, 9.17) is 11.5 Å². The summed E-state index contributed by atoms with van der Waals surface area (Å²) in [5.41, 5.74) is 12.5. The fourth-order valence-electron chi connectivity index (χ4n) is 3.73. The van der Waals surface area contributed by atoms with Gasteiger partial charge in [-0.25, -0.2) is 19.4 Å². The molecule has 10 heteroatoms. The van der Waals surface area contributed by atoms with Gasteiger partial charge in [0, 0.05) is 11.4 Å². The maximum atomic E-state index is 12.6. The third-order valence-electron chi connectivity index (χ3n) is 4.99. The molecule has 3 rings (SSSR count). The minimum Gasteiger partial charge on any atom is -0.405 e. The van der Waals surface area contributed by atoms with Crippen LogP contribution in [0.3, 0.4) is 0 Å². The van der Waals surface area contributed by atoms with Gasteiger partial charge in [0.15, 0.2) is 0 Å². The summed E-state index contributed by atoms with van der Waals surface area (Å²) in [6.45, 7) is 0. The number of para-hydroxylation sites is 1. The molecular weight excluding hydrogens is 417 g/mol. The average molecular weight is 438 g/mol. The first-order valence-corrected chi connectivity index (χ1v) is 9.62. The summed E-state index contributed by atoms with van der Waals surface area (Å²) >= 11 is 0. The normalized spacial score (nSPS) is 14.7. The van der Waals surface area contributed by atoms with Crippen molar-refractivity contribution in [1.29, 1.82) is 0 Å². The van der Waals surface area contributed by atoms with E-state index in [2.05, 4.69) is 14.5 Å². The first-order valence-electron chi connectivity index (χ1n) is 9.62. The second-order valence-electron chi connectivity index (χ2n) is 7.19. The summed E-state index contributed by atoms with van der Waals surface area (Å²) in [4.78, 5) is 34.0. The third kappa shape index (κ3) is 5.59. The summed E-state index contributed by atoms with van der Waals surface area (Å²) < 4.78 is 41.4. The van der Waals surface area contributed by atoms with Crippen molar-refractivity contribution in [2.24, 2.45) is 0 Å². The smallest absolute Gasteiger partial charge is 0.405 e. The van der Waals surface area contributed by atoms with Crippen LogP contribution in [0.5, 0.6) is 5.75 Å². The Bertz CT molecular complexity index is 972. The Labute approximate surface area is 176 Å². The molecule has 0 heterocycles. The maximum Gasteiger partial charge on any atom is 0.573 e. The van der Waals surface area contributed by atoms with E-state index in [1.54, 1.807) is 0 Å². The molecule has 7 nitrogen and oxygen atoms in total. The standard InChI is InChI=1S/C21H21F3N2O5/c22-21(23,24)29-17-9-5-4-8-14(17)19(27)30-31-20(28)15-10-13(25)11-16(26)18(15)12-6-2-1-3-7-12/h4-5,8-12H,1-3,6-7,25-26H2. The predicted molar refractivity (Wildman–Crippen MR) is 105 cm³/mol. The Morgan fingerprint density at radius 1 is 0.903 bits per heavy atom. The number of nitrogen functional groups attached to an aromatic ring is 2. The van der Waals surface area contributed by atoms with Gasteiger partial charge < -0.3 is 16.2 Å². The highest BCUT2D eigenvalue weighted by molar-refractivity contribution is 5.96. The van der Waals surface area contributed by atoms with Gasteiger partial charge >= 0.3 is 18.3 Å². The summed E-state index contributed by atoms with van der Waals surface area (Å²) in [7, 11) is 0. The van der Waals surface area contributed by atoms with Crippen LogP contribution >= 0.6 is 0 Å². The van der Waals surface area contributed by atoms with E-state index in [1.807, 2.05) is 0 Å². The van der Waals surface area contributed by atoms with Crippen LogP contribution in [-0.2, 0) is 9.78 Å². The zero-order valence-corrected chi connectivity index (χ0v) is 16.4. The van der Waals surface area contributed by atoms with Crippen molar-refractivity contribution in [3.63, 3.8) is 0 Å². The van der Waals surface area contributed by atoms with E-state index in [9.17, 15) is 22.8 Å². The fourth-order valence-corrected chi connectivity index (χ4v) is 3.73. The molecule has 0 radical (unpaired) electrons. The first-order chi connectivity index (χ1) is 14.7. The second kappa shape index (κ2) is 9.15. The largest absolute Gasteiger partial charge is 0.573 e. The molecule has 1 aliphatic carbocycles. The molecule has 0 bridgehead atoms. The van der Waals surface area contributed by atoms with Crippen molar-refractivity contribution in [2.45, 2.75) is 44.4 Å². The number of carbonyl (C=O) groups excluding carboxylic acids is 2. The fraction of sp³-hybridized carbons (Fsp3) is 0.333. The SMILES string of the molecule is Nc1cc(N)c(C2CCCCC2)c(C(=O)OOC(=O)c2ccccc2OC(F)(F)F)c1. The minimum atomic E-state index is -5.01. The molecule has 1 aliphatic rings. The Balaban J connectivity index is 1.78. The number of rotatable bonds is 4. The minimum absolute atomic E-state index is 0.0218. The highest BCUT2D eigenvalue weighted by atomic mass is 19.4. The molecule has 2 aromatic rings. The molecule has 2 aromatic carbocycles. The third-order valence-corrected chi connectivity index (χ3v) is 4.99. The van der Waals surface area contributed by atoms with Crippen molar-refractivity contribution in [1.82, 2.24) is 0 Å². The Morgan fingerprint density at radius 3 is 2.16 bits per heavy atom. The van der Waals surface area contributed by atoms with Gasteiger partial charge in [-0.1, -0.05) is 31.4 Å². The number of ether oxygens (including phenoxy) is 1. The quantitative estimate of drug-likeness (QED) is 0.403. The summed E-state index contributed by atoms with van der Waals surface area (Å²) in [6.07, 6.45) is -0.308. The van der Waals surface area contributed by atoms with Crippen molar-refractivity contribution < 1.29 is 37.3 Å². The summed E-state index contributed by atoms with van der Waals surface area (Å²) in [6, 6.07) is 7.45. The zero-order chi connectivity index (χ0) is 22.6. The van der Waals surface area contributed by atoms with Crippen LogP contribution in [0.1, 0.15) is 64.3 Å². The van der Waals surface area contributed by atoms with Gasteiger partial charge in [0.25, 0.3) is 0 Å². The monoisotopic (exact) mass is 438 g/mol. The Kier molecular flexibility index (Phi) is 6.57. The van der Waals surface area contributed by atoms with Crippen LogP contribution < -0.4 is 16.2 Å². The molecule has 0 spiro atoms. The van der Waals surface area contributed by atoms with Gasteiger partial charge in [-0.3, -0.25) is 0 Å². The highest BCUT2D eigenvalue weighted by Crippen LogP contribution is 2.39. The van der Waals surface area contributed by atoms with E-state index < -0.39 is 29.6 Å². The van der Waals surface area contributed by atoms with Gasteiger partial charge in [-0.05, 0) is 48.6 Å². The number of halogens is 3. The number of benzene rings is 2.